The van der Waals surface area contributed by atoms with Gasteiger partial charge in [0.1, 0.15) is 5.75 Å². The van der Waals surface area contributed by atoms with E-state index < -0.39 is 5.92 Å². The molecule has 0 unspecified atom stereocenters. The summed E-state index contributed by atoms with van der Waals surface area (Å²) >= 11 is 0. The van der Waals surface area contributed by atoms with Crippen molar-refractivity contribution in [3.8, 4) is 28.3 Å². The fraction of sp³-hybridized carbons (Fsp3) is 0.143. The second-order valence-electron chi connectivity index (χ2n) is 8.64. The van der Waals surface area contributed by atoms with Crippen molar-refractivity contribution in [3.05, 3.63) is 121 Å². The molecule has 7 heteroatoms. The van der Waals surface area contributed by atoms with Crippen LogP contribution in [0.1, 0.15) is 33.7 Å². The summed E-state index contributed by atoms with van der Waals surface area (Å²) in [5, 5.41) is 11.6. The molecule has 5 rings (SSSR count). The number of ether oxygens (including phenoxy) is 1. The zero-order valence-corrected chi connectivity index (χ0v) is 19.7. The predicted octanol–water partition coefficient (Wildman–Crippen LogP) is 4.86. The Kier molecular flexibility index (Phi) is 5.74. The van der Waals surface area contributed by atoms with Gasteiger partial charge in [-0.3, -0.25) is 30.0 Å². The van der Waals surface area contributed by atoms with E-state index in [1.54, 1.807) is 7.11 Å². The average Bonchev–Trinajstić information content (AvgIpc) is 3.44. The lowest BCUT2D eigenvalue weighted by molar-refractivity contribution is 0.409. The second kappa shape index (κ2) is 9.02. The van der Waals surface area contributed by atoms with Crippen molar-refractivity contribution in [1.29, 1.82) is 0 Å². The Hall–Kier alpha value is -4.52. The van der Waals surface area contributed by atoms with Gasteiger partial charge in [0.15, 0.2) is 0 Å². The first-order valence-corrected chi connectivity index (χ1v) is 11.4. The molecule has 0 amide bonds. The minimum Gasteiger partial charge on any atom is -0.496 e. The number of aryl methyl sites for hydroxylation is 2. The van der Waals surface area contributed by atoms with Gasteiger partial charge in [-0.1, -0.05) is 77.9 Å². The van der Waals surface area contributed by atoms with Crippen LogP contribution in [0.3, 0.4) is 0 Å². The average molecular weight is 467 g/mol. The lowest BCUT2D eigenvalue weighted by atomic mass is 9.82. The predicted molar refractivity (Wildman–Crippen MR) is 137 cm³/mol. The van der Waals surface area contributed by atoms with Crippen molar-refractivity contribution in [2.24, 2.45) is 0 Å². The number of benzene rings is 3. The molecular weight excluding hydrogens is 440 g/mol. The van der Waals surface area contributed by atoms with E-state index in [2.05, 4.69) is 20.4 Å². The van der Waals surface area contributed by atoms with Crippen LogP contribution in [0, 0.1) is 13.8 Å². The molecule has 0 aliphatic heterocycles. The molecule has 35 heavy (non-hydrogen) atoms. The summed E-state index contributed by atoms with van der Waals surface area (Å²) in [6, 6.07) is 23.3. The van der Waals surface area contributed by atoms with Crippen molar-refractivity contribution in [2.45, 2.75) is 19.8 Å². The highest BCUT2D eigenvalue weighted by molar-refractivity contribution is 5.71. The van der Waals surface area contributed by atoms with E-state index in [9.17, 15) is 9.59 Å². The van der Waals surface area contributed by atoms with Crippen molar-refractivity contribution >= 4 is 0 Å². The largest absolute Gasteiger partial charge is 0.496 e. The van der Waals surface area contributed by atoms with Crippen LogP contribution in [0.4, 0.5) is 0 Å². The normalized spacial score (nSPS) is 11.2. The maximum Gasteiger partial charge on any atom is 0.268 e. The Bertz CT molecular complexity index is 1490. The van der Waals surface area contributed by atoms with E-state index in [4.69, 9.17) is 4.74 Å². The number of aromatic amines is 4. The van der Waals surface area contributed by atoms with Gasteiger partial charge in [0.2, 0.25) is 0 Å². The van der Waals surface area contributed by atoms with Gasteiger partial charge in [-0.25, -0.2) is 0 Å². The van der Waals surface area contributed by atoms with Gasteiger partial charge >= 0.3 is 0 Å². The molecule has 0 aliphatic carbocycles. The zero-order chi connectivity index (χ0) is 24.5. The smallest absolute Gasteiger partial charge is 0.268 e. The quantitative estimate of drug-likeness (QED) is 0.287. The fourth-order valence-corrected chi connectivity index (χ4v) is 4.54. The van der Waals surface area contributed by atoms with Crippen LogP contribution in [0.2, 0.25) is 0 Å². The van der Waals surface area contributed by atoms with Crippen LogP contribution in [-0.2, 0) is 0 Å². The van der Waals surface area contributed by atoms with Crippen molar-refractivity contribution in [2.75, 3.05) is 7.11 Å². The molecule has 7 nitrogen and oxygen atoms in total. The van der Waals surface area contributed by atoms with Gasteiger partial charge in [-0.15, -0.1) is 0 Å². The summed E-state index contributed by atoms with van der Waals surface area (Å²) in [6.07, 6.45) is 0. The Morgan fingerprint density at radius 2 is 1.09 bits per heavy atom. The SMILES string of the molecule is COc1ccccc1C(c1c(-c2ccc(C)cc2)[nH][nH]c1=O)c1c(-c2ccc(C)cc2)[nH][nH]c1=O. The molecule has 3 aromatic carbocycles. The van der Waals surface area contributed by atoms with E-state index >= 15 is 0 Å². The first-order chi connectivity index (χ1) is 17.0. The monoisotopic (exact) mass is 466 g/mol. The molecule has 0 atom stereocenters. The summed E-state index contributed by atoms with van der Waals surface area (Å²) < 4.78 is 5.68. The standard InChI is InChI=1S/C28H26N4O3/c1-16-8-12-18(13-9-16)25-23(27(33)31-29-25)22(20-6-4-5-7-21(20)35-3)24-26(30-32-28(24)34)19-14-10-17(2)11-15-19/h4-15,22H,1-3H3,(H2,29,31,33)(H2,30,32,34). The summed E-state index contributed by atoms with van der Waals surface area (Å²) in [4.78, 5) is 26.7. The molecule has 0 radical (unpaired) electrons. The molecule has 0 bridgehead atoms. The molecular formula is C28H26N4O3. The molecule has 5 aromatic rings. The molecule has 176 valence electrons. The van der Waals surface area contributed by atoms with Gasteiger partial charge in [0, 0.05) is 5.56 Å². The molecule has 4 N–H and O–H groups in total. The zero-order valence-electron chi connectivity index (χ0n) is 19.7. The maximum atomic E-state index is 13.3. The van der Waals surface area contributed by atoms with Crippen LogP contribution in [0.15, 0.2) is 82.4 Å². The first-order valence-electron chi connectivity index (χ1n) is 11.4. The summed E-state index contributed by atoms with van der Waals surface area (Å²) in [6.45, 7) is 4.02. The van der Waals surface area contributed by atoms with Crippen molar-refractivity contribution in [1.82, 2.24) is 20.4 Å². The summed E-state index contributed by atoms with van der Waals surface area (Å²) in [5.41, 5.74) is 6.15. The minimum absolute atomic E-state index is 0.299. The summed E-state index contributed by atoms with van der Waals surface area (Å²) in [7, 11) is 1.58. The van der Waals surface area contributed by atoms with Crippen molar-refractivity contribution in [3.63, 3.8) is 0 Å². The number of aromatic nitrogens is 4. The van der Waals surface area contributed by atoms with Crippen LogP contribution < -0.4 is 15.9 Å². The molecule has 0 fully saturated rings. The van der Waals surface area contributed by atoms with E-state index in [-0.39, 0.29) is 11.1 Å². The Balaban J connectivity index is 1.83. The first kappa shape index (κ1) is 22.3. The third-order valence-corrected chi connectivity index (χ3v) is 6.34. The summed E-state index contributed by atoms with van der Waals surface area (Å²) in [5.74, 6) is -0.118. The molecule has 2 heterocycles. The fourth-order valence-electron chi connectivity index (χ4n) is 4.54. The minimum atomic E-state index is -0.705. The van der Waals surface area contributed by atoms with Crippen molar-refractivity contribution < 1.29 is 4.74 Å². The molecule has 0 aliphatic rings. The van der Waals surface area contributed by atoms with Crippen LogP contribution >= 0.6 is 0 Å². The van der Waals surface area contributed by atoms with E-state index in [0.717, 1.165) is 22.3 Å². The number of methoxy groups -OCH3 is 1. The molecule has 2 aromatic heterocycles. The van der Waals surface area contributed by atoms with Gasteiger partial charge in [0.25, 0.3) is 11.1 Å². The Morgan fingerprint density at radius 1 is 0.629 bits per heavy atom. The number of hydrogen-bond acceptors (Lipinski definition) is 3. The topological polar surface area (TPSA) is 107 Å². The number of rotatable bonds is 6. The number of para-hydroxylation sites is 1. The van der Waals surface area contributed by atoms with Gasteiger partial charge in [0.05, 0.1) is 35.5 Å². The van der Waals surface area contributed by atoms with Gasteiger partial charge in [-0.05, 0) is 31.0 Å². The third kappa shape index (κ3) is 4.01. The number of nitrogens with one attached hydrogen (secondary N) is 4. The highest BCUT2D eigenvalue weighted by Gasteiger charge is 2.32. The van der Waals surface area contributed by atoms with Gasteiger partial charge < -0.3 is 4.74 Å². The lowest BCUT2D eigenvalue weighted by Crippen LogP contribution is -2.20. The molecule has 0 spiro atoms. The van der Waals surface area contributed by atoms with Crippen LogP contribution in [0.5, 0.6) is 5.75 Å². The maximum absolute atomic E-state index is 13.3. The van der Waals surface area contributed by atoms with E-state index in [0.29, 0.717) is 33.8 Å². The Morgan fingerprint density at radius 3 is 1.54 bits per heavy atom. The van der Waals surface area contributed by atoms with Crippen LogP contribution in [0.25, 0.3) is 22.5 Å². The second-order valence-corrected chi connectivity index (χ2v) is 8.64. The number of hydrogen-bond donors (Lipinski definition) is 4. The highest BCUT2D eigenvalue weighted by atomic mass is 16.5. The number of H-pyrrole nitrogens is 4. The van der Waals surface area contributed by atoms with Crippen LogP contribution in [-0.4, -0.2) is 27.5 Å². The third-order valence-electron chi connectivity index (χ3n) is 6.34. The molecule has 0 saturated carbocycles. The van der Waals surface area contributed by atoms with E-state index in [1.165, 1.54) is 0 Å². The van der Waals surface area contributed by atoms with E-state index in [1.807, 2.05) is 86.6 Å². The highest BCUT2D eigenvalue weighted by Crippen LogP contribution is 2.40. The Labute approximate surface area is 201 Å². The molecule has 0 saturated heterocycles. The van der Waals surface area contributed by atoms with Gasteiger partial charge in [-0.2, -0.15) is 0 Å². The lowest BCUT2D eigenvalue weighted by Gasteiger charge is -2.20.